The minimum absolute atomic E-state index is 0.0875. The molecule has 1 fully saturated rings. The van der Waals surface area contributed by atoms with Crippen molar-refractivity contribution in [3.63, 3.8) is 0 Å². The van der Waals surface area contributed by atoms with Crippen molar-refractivity contribution in [3.05, 3.63) is 16.1 Å². The molecule has 0 radical (unpaired) electrons. The zero-order chi connectivity index (χ0) is 12.6. The van der Waals surface area contributed by atoms with Gasteiger partial charge in [-0.3, -0.25) is 9.69 Å². The molecule has 4 nitrogen and oxygen atoms in total. The Morgan fingerprint density at radius 2 is 2.41 bits per heavy atom. The summed E-state index contributed by atoms with van der Waals surface area (Å²) in [6, 6.07) is 0.295. The molecule has 3 atom stereocenters. The minimum Gasteiger partial charge on any atom is -0.481 e. The van der Waals surface area contributed by atoms with Crippen LogP contribution in [0.3, 0.4) is 0 Å². The van der Waals surface area contributed by atoms with Gasteiger partial charge in [-0.2, -0.15) is 0 Å². The van der Waals surface area contributed by atoms with E-state index in [4.69, 9.17) is 5.11 Å². The molecule has 1 N–H and O–H groups in total. The van der Waals surface area contributed by atoms with Gasteiger partial charge in [-0.1, -0.05) is 0 Å². The van der Waals surface area contributed by atoms with E-state index in [0.717, 1.165) is 23.7 Å². The van der Waals surface area contributed by atoms with Crippen LogP contribution in [0, 0.1) is 12.8 Å². The predicted octanol–water partition coefficient (Wildman–Crippen LogP) is 2.31. The second-order valence-corrected chi connectivity index (χ2v) is 5.74. The molecule has 5 heteroatoms. The number of nitrogens with zero attached hydrogens (tertiary/aromatic N) is 2. The Morgan fingerprint density at radius 1 is 1.71 bits per heavy atom. The van der Waals surface area contributed by atoms with E-state index in [1.807, 2.05) is 13.8 Å². The Morgan fingerprint density at radius 3 is 2.88 bits per heavy atom. The molecular weight excluding hydrogens is 236 g/mol. The summed E-state index contributed by atoms with van der Waals surface area (Å²) in [5.41, 5.74) is 1.06. The van der Waals surface area contributed by atoms with Gasteiger partial charge in [0.05, 0.1) is 22.7 Å². The molecule has 0 saturated carbocycles. The van der Waals surface area contributed by atoms with E-state index in [2.05, 4.69) is 22.2 Å². The number of rotatable bonds is 3. The van der Waals surface area contributed by atoms with Crippen LogP contribution in [0.1, 0.15) is 37.0 Å². The van der Waals surface area contributed by atoms with Crippen LogP contribution in [0.5, 0.6) is 0 Å². The van der Waals surface area contributed by atoms with Gasteiger partial charge in [0.1, 0.15) is 0 Å². The summed E-state index contributed by atoms with van der Waals surface area (Å²) in [5.74, 6) is -0.918. The average molecular weight is 254 g/mol. The summed E-state index contributed by atoms with van der Waals surface area (Å²) < 4.78 is 0. The van der Waals surface area contributed by atoms with Gasteiger partial charge in [-0.05, 0) is 33.7 Å². The van der Waals surface area contributed by atoms with Gasteiger partial charge in [0, 0.05) is 11.4 Å². The molecule has 1 saturated heterocycles. The van der Waals surface area contributed by atoms with Crippen molar-refractivity contribution in [1.29, 1.82) is 0 Å². The van der Waals surface area contributed by atoms with E-state index in [1.165, 1.54) is 0 Å². The van der Waals surface area contributed by atoms with Crippen molar-refractivity contribution in [2.24, 2.45) is 5.92 Å². The second-order valence-electron chi connectivity index (χ2n) is 4.68. The summed E-state index contributed by atoms with van der Waals surface area (Å²) in [6.07, 6.45) is 0.740. The van der Waals surface area contributed by atoms with Crippen molar-refractivity contribution in [2.75, 3.05) is 6.54 Å². The highest BCUT2D eigenvalue weighted by Gasteiger charge is 2.38. The minimum atomic E-state index is -0.679. The number of hydrogen-bond acceptors (Lipinski definition) is 4. The molecule has 1 aromatic heterocycles. The quantitative estimate of drug-likeness (QED) is 0.899. The molecule has 0 bridgehead atoms. The number of aliphatic carboxylic acids is 1. The number of aryl methyl sites for hydroxylation is 1. The molecule has 1 aliphatic rings. The molecule has 0 aliphatic carbocycles. The van der Waals surface area contributed by atoms with Gasteiger partial charge in [0.2, 0.25) is 0 Å². The van der Waals surface area contributed by atoms with Crippen LogP contribution < -0.4 is 0 Å². The highest BCUT2D eigenvalue weighted by atomic mass is 32.1. The summed E-state index contributed by atoms with van der Waals surface area (Å²) in [4.78, 5) is 17.8. The van der Waals surface area contributed by atoms with Crippen molar-refractivity contribution < 1.29 is 9.90 Å². The number of hydrogen-bond donors (Lipinski definition) is 1. The van der Waals surface area contributed by atoms with Gasteiger partial charge < -0.3 is 5.11 Å². The Kier molecular flexibility index (Phi) is 3.49. The van der Waals surface area contributed by atoms with E-state index >= 15 is 0 Å². The number of carbonyl (C=O) groups is 1. The SMILES string of the molecule is Cc1nc(C(C)N2CCC(C(=O)O)C2C)cs1. The standard InChI is InChI=1S/C12H18N2O2S/c1-7-10(12(15)16)4-5-14(7)8(2)11-6-17-9(3)13-11/h6-8,10H,4-5H2,1-3H3,(H,15,16). The fraction of sp³-hybridized carbons (Fsp3) is 0.667. The van der Waals surface area contributed by atoms with Gasteiger partial charge in [-0.15, -0.1) is 11.3 Å². The molecule has 0 aromatic carbocycles. The van der Waals surface area contributed by atoms with Crippen molar-refractivity contribution in [3.8, 4) is 0 Å². The lowest BCUT2D eigenvalue weighted by atomic mass is 10.0. The van der Waals surface area contributed by atoms with E-state index < -0.39 is 5.97 Å². The predicted molar refractivity (Wildman–Crippen MR) is 67.2 cm³/mol. The molecule has 3 unspecified atom stereocenters. The molecule has 1 aromatic rings. The fourth-order valence-electron chi connectivity index (χ4n) is 2.58. The smallest absolute Gasteiger partial charge is 0.308 e. The third-order valence-corrected chi connectivity index (χ3v) is 4.47. The number of carboxylic acid groups (broad SMARTS) is 1. The van der Waals surface area contributed by atoms with Crippen LogP contribution in [-0.2, 0) is 4.79 Å². The molecule has 17 heavy (non-hydrogen) atoms. The molecule has 1 aliphatic heterocycles. The third kappa shape index (κ3) is 2.35. The number of aromatic nitrogens is 1. The highest BCUT2D eigenvalue weighted by molar-refractivity contribution is 7.09. The number of likely N-dealkylation sites (tertiary alicyclic amines) is 1. The third-order valence-electron chi connectivity index (χ3n) is 3.68. The molecule has 0 amide bonds. The van der Waals surface area contributed by atoms with Crippen LogP contribution in [0.2, 0.25) is 0 Å². The first-order chi connectivity index (χ1) is 8.00. The molecule has 2 heterocycles. The number of carboxylic acids is 1. The highest BCUT2D eigenvalue weighted by Crippen LogP contribution is 2.32. The maximum atomic E-state index is 11.1. The van der Waals surface area contributed by atoms with Gasteiger partial charge in [-0.25, -0.2) is 4.98 Å². The second kappa shape index (κ2) is 4.74. The lowest BCUT2D eigenvalue weighted by molar-refractivity contribution is -0.142. The molecule has 0 spiro atoms. The van der Waals surface area contributed by atoms with Crippen molar-refractivity contribution >= 4 is 17.3 Å². The van der Waals surface area contributed by atoms with Gasteiger partial charge in [0.15, 0.2) is 0 Å². The normalized spacial score (nSPS) is 27.2. The van der Waals surface area contributed by atoms with E-state index in [-0.39, 0.29) is 18.0 Å². The zero-order valence-electron chi connectivity index (χ0n) is 10.4. The summed E-state index contributed by atoms with van der Waals surface area (Å²) in [6.45, 7) is 6.95. The summed E-state index contributed by atoms with van der Waals surface area (Å²) >= 11 is 1.65. The Hall–Kier alpha value is -0.940. The van der Waals surface area contributed by atoms with Crippen LogP contribution in [-0.4, -0.2) is 33.5 Å². The lowest BCUT2D eigenvalue weighted by Crippen LogP contribution is -2.35. The van der Waals surface area contributed by atoms with Crippen LogP contribution in [0.15, 0.2) is 5.38 Å². The maximum Gasteiger partial charge on any atom is 0.308 e. The van der Waals surface area contributed by atoms with Crippen molar-refractivity contribution in [2.45, 2.75) is 39.3 Å². The number of thiazole rings is 1. The lowest BCUT2D eigenvalue weighted by Gasteiger charge is -2.28. The average Bonchev–Trinajstić information content (AvgIpc) is 2.83. The maximum absolute atomic E-state index is 11.1. The summed E-state index contributed by atoms with van der Waals surface area (Å²) in [7, 11) is 0. The zero-order valence-corrected chi connectivity index (χ0v) is 11.2. The van der Waals surface area contributed by atoms with E-state index in [9.17, 15) is 4.79 Å². The van der Waals surface area contributed by atoms with Crippen molar-refractivity contribution in [1.82, 2.24) is 9.88 Å². The summed E-state index contributed by atoms with van der Waals surface area (Å²) in [5, 5.41) is 12.3. The van der Waals surface area contributed by atoms with Crippen LogP contribution in [0.25, 0.3) is 0 Å². The van der Waals surface area contributed by atoms with Crippen LogP contribution >= 0.6 is 11.3 Å². The molecule has 94 valence electrons. The topological polar surface area (TPSA) is 53.4 Å². The Balaban J connectivity index is 2.11. The Labute approximate surface area is 105 Å². The first-order valence-corrected chi connectivity index (χ1v) is 6.79. The Bertz CT molecular complexity index is 418. The van der Waals surface area contributed by atoms with Gasteiger partial charge in [0.25, 0.3) is 0 Å². The monoisotopic (exact) mass is 254 g/mol. The first-order valence-electron chi connectivity index (χ1n) is 5.91. The molecule has 2 rings (SSSR count). The van der Waals surface area contributed by atoms with Crippen LogP contribution in [0.4, 0.5) is 0 Å². The van der Waals surface area contributed by atoms with E-state index in [0.29, 0.717) is 0 Å². The van der Waals surface area contributed by atoms with Gasteiger partial charge >= 0.3 is 5.97 Å². The van der Waals surface area contributed by atoms with E-state index in [1.54, 1.807) is 11.3 Å². The largest absolute Gasteiger partial charge is 0.481 e. The molecular formula is C12H18N2O2S. The first kappa shape index (κ1) is 12.5. The fourth-order valence-corrected chi connectivity index (χ4v) is 3.28.